The van der Waals surface area contributed by atoms with E-state index in [9.17, 15) is 15.3 Å². The monoisotopic (exact) mass is 334 g/mol. The number of aromatic nitrogens is 1. The molecule has 0 amide bonds. The Morgan fingerprint density at radius 3 is 2.52 bits per heavy atom. The molecular formula is C19H18N4O2. The van der Waals surface area contributed by atoms with Gasteiger partial charge in [0.2, 0.25) is 0 Å². The van der Waals surface area contributed by atoms with Crippen molar-refractivity contribution in [2.45, 2.75) is 38.4 Å². The summed E-state index contributed by atoms with van der Waals surface area (Å²) in [7, 11) is 0. The van der Waals surface area contributed by atoms with E-state index in [2.05, 4.69) is 4.98 Å². The van der Waals surface area contributed by atoms with Gasteiger partial charge in [0.1, 0.15) is 29.1 Å². The smallest absolute Gasteiger partial charge is 0.268 e. The molecule has 1 heterocycles. The van der Waals surface area contributed by atoms with Crippen molar-refractivity contribution in [1.29, 1.82) is 10.5 Å². The van der Waals surface area contributed by atoms with E-state index in [1.807, 2.05) is 24.3 Å². The molecule has 6 heteroatoms. The van der Waals surface area contributed by atoms with E-state index in [0.717, 1.165) is 18.4 Å². The van der Waals surface area contributed by atoms with Gasteiger partial charge in [-0.1, -0.05) is 37.1 Å². The topological polar surface area (TPSA) is 116 Å². The van der Waals surface area contributed by atoms with Crippen molar-refractivity contribution in [3.05, 3.63) is 51.3 Å². The lowest BCUT2D eigenvalue weighted by atomic mass is 9.93. The van der Waals surface area contributed by atoms with Crippen LogP contribution in [0.1, 0.15) is 42.4 Å². The summed E-state index contributed by atoms with van der Waals surface area (Å²) in [6, 6.07) is 11.2. The van der Waals surface area contributed by atoms with Crippen molar-refractivity contribution in [3.63, 3.8) is 0 Å². The molecular weight excluding hydrogens is 316 g/mol. The molecule has 1 aromatic carbocycles. The Morgan fingerprint density at radius 1 is 1.16 bits per heavy atom. The first-order chi connectivity index (χ1) is 12.2. The number of nitrogens with two attached hydrogens (primary N) is 1. The first kappa shape index (κ1) is 16.8. The van der Waals surface area contributed by atoms with Crippen LogP contribution < -0.4 is 11.3 Å². The minimum absolute atomic E-state index is 0.0342. The maximum atomic E-state index is 12.1. The summed E-state index contributed by atoms with van der Waals surface area (Å²) in [6.07, 6.45) is 4.69. The van der Waals surface area contributed by atoms with Gasteiger partial charge in [-0.3, -0.25) is 4.79 Å². The number of nitrogens with one attached hydrogen (secondary N) is 1. The number of benzene rings is 1. The number of H-pyrrole nitrogens is 1. The Balaban J connectivity index is 2.10. The van der Waals surface area contributed by atoms with Gasteiger partial charge in [-0.15, -0.1) is 0 Å². The lowest BCUT2D eigenvalue weighted by Gasteiger charge is -2.16. The van der Waals surface area contributed by atoms with Gasteiger partial charge in [0.25, 0.3) is 5.56 Å². The van der Waals surface area contributed by atoms with Crippen molar-refractivity contribution in [2.24, 2.45) is 0 Å². The summed E-state index contributed by atoms with van der Waals surface area (Å²) >= 11 is 0. The molecule has 1 aliphatic rings. The van der Waals surface area contributed by atoms with E-state index in [1.165, 1.54) is 12.8 Å². The minimum atomic E-state index is -0.597. The lowest BCUT2D eigenvalue weighted by Crippen LogP contribution is -2.17. The van der Waals surface area contributed by atoms with Crippen LogP contribution in [0.15, 0.2) is 29.1 Å². The Labute approximate surface area is 145 Å². The molecule has 6 nitrogen and oxygen atoms in total. The van der Waals surface area contributed by atoms with E-state index in [0.29, 0.717) is 12.2 Å². The van der Waals surface area contributed by atoms with Gasteiger partial charge in [-0.25, -0.2) is 0 Å². The molecule has 1 aromatic heterocycles. The molecule has 3 N–H and O–H groups in total. The van der Waals surface area contributed by atoms with Crippen LogP contribution >= 0.6 is 0 Å². The highest BCUT2D eigenvalue weighted by Gasteiger charge is 2.21. The summed E-state index contributed by atoms with van der Waals surface area (Å²) in [4.78, 5) is 14.5. The average Bonchev–Trinajstić information content (AvgIpc) is 3.13. The molecule has 0 spiro atoms. The minimum Gasteiger partial charge on any atom is -0.384 e. The molecule has 0 aliphatic heterocycles. The summed E-state index contributed by atoms with van der Waals surface area (Å²) in [6.45, 7) is 0.364. The van der Waals surface area contributed by atoms with Gasteiger partial charge in [0.05, 0.1) is 12.7 Å². The summed E-state index contributed by atoms with van der Waals surface area (Å²) in [5, 5.41) is 18.9. The number of nitrogen functional groups attached to an aromatic ring is 1. The number of aromatic amines is 1. The second-order valence-electron chi connectivity index (χ2n) is 6.09. The summed E-state index contributed by atoms with van der Waals surface area (Å²) in [5.74, 6) is -0.0342. The van der Waals surface area contributed by atoms with Crippen LogP contribution in [0, 0.1) is 22.7 Å². The molecule has 0 unspecified atom stereocenters. The number of hydrogen-bond acceptors (Lipinski definition) is 5. The van der Waals surface area contributed by atoms with Crippen molar-refractivity contribution in [1.82, 2.24) is 4.98 Å². The maximum Gasteiger partial charge on any atom is 0.268 e. The Morgan fingerprint density at radius 2 is 1.84 bits per heavy atom. The van der Waals surface area contributed by atoms with E-state index < -0.39 is 5.56 Å². The second-order valence-corrected chi connectivity index (χ2v) is 6.09. The normalized spacial score (nSPS) is 14.2. The van der Waals surface area contributed by atoms with Crippen molar-refractivity contribution in [3.8, 4) is 23.3 Å². The number of anilines is 1. The third-order valence-electron chi connectivity index (χ3n) is 4.53. The standard InChI is InChI=1S/C19H18N4O2/c20-9-15-17(16(10-21)19(24)23-18(15)22)14-8-4-1-5-12(14)11-25-13-6-2-3-7-13/h1,4-5,8,13H,2-3,6-7,11H2,(H3,22,23,24). The number of pyridine rings is 1. The highest BCUT2D eigenvalue weighted by atomic mass is 16.5. The quantitative estimate of drug-likeness (QED) is 0.892. The fourth-order valence-electron chi connectivity index (χ4n) is 3.27. The van der Waals surface area contributed by atoms with Gasteiger partial charge in [-0.2, -0.15) is 10.5 Å². The molecule has 0 bridgehead atoms. The number of nitrogens with zero attached hydrogens (tertiary/aromatic N) is 2. The van der Waals surface area contributed by atoms with E-state index in [4.69, 9.17) is 10.5 Å². The SMILES string of the molecule is N#Cc1c(N)[nH]c(=O)c(C#N)c1-c1ccccc1COC1CCCC1. The number of nitriles is 2. The molecule has 1 fully saturated rings. The largest absolute Gasteiger partial charge is 0.384 e. The highest BCUT2D eigenvalue weighted by molar-refractivity contribution is 5.81. The summed E-state index contributed by atoms with van der Waals surface area (Å²) < 4.78 is 5.98. The zero-order valence-corrected chi connectivity index (χ0v) is 13.7. The number of hydrogen-bond donors (Lipinski definition) is 2. The number of rotatable bonds is 4. The number of ether oxygens (including phenoxy) is 1. The molecule has 126 valence electrons. The van der Waals surface area contributed by atoms with E-state index in [-0.39, 0.29) is 28.6 Å². The molecule has 0 radical (unpaired) electrons. The predicted octanol–water partition coefficient (Wildman–Crippen LogP) is 2.83. The van der Waals surface area contributed by atoms with Crippen molar-refractivity contribution in [2.75, 3.05) is 5.73 Å². The van der Waals surface area contributed by atoms with Crippen LogP contribution in [0.4, 0.5) is 5.82 Å². The van der Waals surface area contributed by atoms with Gasteiger partial charge >= 0.3 is 0 Å². The predicted molar refractivity (Wildman–Crippen MR) is 93.4 cm³/mol. The second kappa shape index (κ2) is 7.21. The van der Waals surface area contributed by atoms with Crippen molar-refractivity contribution < 1.29 is 4.74 Å². The molecule has 25 heavy (non-hydrogen) atoms. The summed E-state index contributed by atoms with van der Waals surface area (Å²) in [5.41, 5.74) is 6.92. The van der Waals surface area contributed by atoms with Crippen LogP contribution in [0.3, 0.4) is 0 Å². The van der Waals surface area contributed by atoms with Gasteiger partial charge < -0.3 is 15.5 Å². The van der Waals surface area contributed by atoms with Gasteiger partial charge in [0.15, 0.2) is 0 Å². The average molecular weight is 334 g/mol. The maximum absolute atomic E-state index is 12.1. The Hall–Kier alpha value is -3.09. The van der Waals surface area contributed by atoms with E-state index in [1.54, 1.807) is 12.1 Å². The van der Waals surface area contributed by atoms with Crippen LogP contribution in [-0.4, -0.2) is 11.1 Å². The fraction of sp³-hybridized carbons (Fsp3) is 0.316. The van der Waals surface area contributed by atoms with Crippen LogP contribution in [-0.2, 0) is 11.3 Å². The molecule has 1 saturated carbocycles. The Kier molecular flexibility index (Phi) is 4.83. The third kappa shape index (κ3) is 3.26. The lowest BCUT2D eigenvalue weighted by molar-refractivity contribution is 0.0459. The van der Waals surface area contributed by atoms with Gasteiger partial charge in [0, 0.05) is 5.56 Å². The van der Waals surface area contributed by atoms with Crippen LogP contribution in [0.25, 0.3) is 11.1 Å². The molecule has 0 atom stereocenters. The molecule has 2 aromatic rings. The molecule has 3 rings (SSSR count). The van der Waals surface area contributed by atoms with E-state index >= 15 is 0 Å². The third-order valence-corrected chi connectivity index (χ3v) is 4.53. The first-order valence-electron chi connectivity index (χ1n) is 8.21. The zero-order chi connectivity index (χ0) is 17.8. The van der Waals surface area contributed by atoms with Gasteiger partial charge in [-0.05, 0) is 24.0 Å². The van der Waals surface area contributed by atoms with Crippen molar-refractivity contribution >= 4 is 5.82 Å². The van der Waals surface area contributed by atoms with Crippen LogP contribution in [0.2, 0.25) is 0 Å². The highest BCUT2D eigenvalue weighted by Crippen LogP contribution is 2.32. The molecule has 0 saturated heterocycles. The first-order valence-corrected chi connectivity index (χ1v) is 8.21. The zero-order valence-electron chi connectivity index (χ0n) is 13.7. The van der Waals surface area contributed by atoms with Crippen LogP contribution in [0.5, 0.6) is 0 Å². The molecule has 1 aliphatic carbocycles. The Bertz CT molecular complexity index is 928. The fourth-order valence-corrected chi connectivity index (χ4v) is 3.27.